The highest BCUT2D eigenvalue weighted by Gasteiger charge is 2.15. The maximum atomic E-state index is 10.4. The van der Waals surface area contributed by atoms with Gasteiger partial charge in [0.15, 0.2) is 5.69 Å². The summed E-state index contributed by atoms with van der Waals surface area (Å²) >= 11 is 0. The van der Waals surface area contributed by atoms with E-state index >= 15 is 0 Å². The first kappa shape index (κ1) is 8.41. The first-order valence-electron chi connectivity index (χ1n) is 3.20. The van der Waals surface area contributed by atoms with Crippen LogP contribution in [0.1, 0.15) is 0 Å². The largest absolute Gasteiger partial charge is 0.388 e. The summed E-state index contributed by atoms with van der Waals surface area (Å²) in [5.41, 5.74) is 0.294. The van der Waals surface area contributed by atoms with Crippen molar-refractivity contribution in [2.24, 2.45) is 5.84 Å². The molecule has 0 fully saturated rings. The van der Waals surface area contributed by atoms with Gasteiger partial charge in [0.2, 0.25) is 0 Å². The maximum Gasteiger partial charge on any atom is 0.388 e. The molecule has 6 nitrogen and oxygen atoms in total. The van der Waals surface area contributed by atoms with Crippen LogP contribution in [0.4, 0.5) is 11.5 Å². The van der Waals surface area contributed by atoms with Gasteiger partial charge in [-0.1, -0.05) is 0 Å². The minimum absolute atomic E-state index is 0.234. The van der Waals surface area contributed by atoms with Crippen LogP contribution in [0.3, 0.4) is 0 Å². The van der Waals surface area contributed by atoms with Gasteiger partial charge in [-0.3, -0.25) is 0 Å². The van der Waals surface area contributed by atoms with Gasteiger partial charge in [0.25, 0.3) is 0 Å². The molecule has 0 aliphatic rings. The van der Waals surface area contributed by atoms with Crippen LogP contribution in [-0.2, 0) is 0 Å². The molecule has 0 aliphatic heterocycles. The third-order valence-corrected chi connectivity index (χ3v) is 1.32. The molecule has 1 rings (SSSR count). The van der Waals surface area contributed by atoms with E-state index in [0.29, 0.717) is 5.69 Å². The lowest BCUT2D eigenvalue weighted by Crippen LogP contribution is -2.26. The van der Waals surface area contributed by atoms with Gasteiger partial charge in [-0.2, -0.15) is 0 Å². The van der Waals surface area contributed by atoms with E-state index in [9.17, 15) is 10.1 Å². The van der Waals surface area contributed by atoms with Crippen molar-refractivity contribution in [2.75, 3.05) is 12.1 Å². The normalized spacial score (nSPS) is 9.50. The molecule has 1 aromatic rings. The summed E-state index contributed by atoms with van der Waals surface area (Å²) in [5.74, 6) is 5.11. The Kier molecular flexibility index (Phi) is 2.20. The summed E-state index contributed by atoms with van der Waals surface area (Å²) in [4.78, 5) is 13.4. The van der Waals surface area contributed by atoms with Crippen molar-refractivity contribution in [3.63, 3.8) is 0 Å². The molecule has 6 heteroatoms. The standard InChI is InChI=1S/C6H8N4O2/c1-9(7)5-3-2-4-8-6(5)10(11)12/h2-4H,7H2,1H3. The first-order valence-corrected chi connectivity index (χ1v) is 3.20. The SMILES string of the molecule is CN(N)c1cccnc1[N+](=O)[O-]. The lowest BCUT2D eigenvalue weighted by atomic mass is 10.4. The van der Waals surface area contributed by atoms with Crippen LogP contribution in [0.15, 0.2) is 18.3 Å². The van der Waals surface area contributed by atoms with Crippen LogP contribution >= 0.6 is 0 Å². The Morgan fingerprint density at radius 1 is 1.75 bits per heavy atom. The first-order chi connectivity index (χ1) is 5.63. The molecule has 0 amide bonds. The highest BCUT2D eigenvalue weighted by Crippen LogP contribution is 2.21. The highest BCUT2D eigenvalue weighted by atomic mass is 16.6. The Morgan fingerprint density at radius 3 is 2.83 bits per heavy atom. The Bertz CT molecular complexity index is 299. The van der Waals surface area contributed by atoms with E-state index in [0.717, 1.165) is 5.01 Å². The molecular formula is C6H8N4O2. The van der Waals surface area contributed by atoms with Gasteiger partial charge in [0.1, 0.15) is 6.20 Å². The topological polar surface area (TPSA) is 85.3 Å². The summed E-state index contributed by atoms with van der Waals surface area (Å²) in [6.45, 7) is 0. The molecule has 0 bridgehead atoms. The third-order valence-electron chi connectivity index (χ3n) is 1.32. The lowest BCUT2D eigenvalue weighted by molar-refractivity contribution is -0.388. The van der Waals surface area contributed by atoms with E-state index in [-0.39, 0.29) is 5.82 Å². The summed E-state index contributed by atoms with van der Waals surface area (Å²) in [6.07, 6.45) is 1.35. The molecule has 0 aliphatic carbocycles. The highest BCUT2D eigenvalue weighted by molar-refractivity contribution is 5.57. The predicted molar refractivity (Wildman–Crippen MR) is 43.5 cm³/mol. The molecule has 12 heavy (non-hydrogen) atoms. The fourth-order valence-electron chi connectivity index (χ4n) is 0.804. The molecule has 0 atom stereocenters. The van der Waals surface area contributed by atoms with Crippen molar-refractivity contribution in [3.05, 3.63) is 28.4 Å². The lowest BCUT2D eigenvalue weighted by Gasteiger charge is -2.10. The van der Waals surface area contributed by atoms with Crippen LogP contribution in [0, 0.1) is 10.1 Å². The number of rotatable bonds is 2. The third kappa shape index (κ3) is 1.48. The summed E-state index contributed by atoms with van der Waals surface area (Å²) in [7, 11) is 1.52. The number of aromatic nitrogens is 1. The number of hydrazine groups is 1. The second kappa shape index (κ2) is 3.14. The summed E-state index contributed by atoms with van der Waals surface area (Å²) < 4.78 is 0. The zero-order valence-corrected chi connectivity index (χ0v) is 6.47. The number of nitro groups is 1. The van der Waals surface area contributed by atoms with Crippen molar-refractivity contribution >= 4 is 11.5 Å². The Balaban J connectivity index is 3.17. The van der Waals surface area contributed by atoms with Gasteiger partial charge in [0.05, 0.1) is 0 Å². The second-order valence-electron chi connectivity index (χ2n) is 2.21. The fourth-order valence-corrected chi connectivity index (χ4v) is 0.804. The van der Waals surface area contributed by atoms with Gasteiger partial charge in [-0.15, -0.1) is 0 Å². The number of nitrogens with two attached hydrogens (primary N) is 1. The van der Waals surface area contributed by atoms with Crippen molar-refractivity contribution in [1.29, 1.82) is 0 Å². The van der Waals surface area contributed by atoms with E-state index in [1.165, 1.54) is 19.3 Å². The fraction of sp³-hybridized carbons (Fsp3) is 0.167. The quantitative estimate of drug-likeness (QED) is 0.390. The molecular weight excluding hydrogens is 160 g/mol. The van der Waals surface area contributed by atoms with E-state index < -0.39 is 4.92 Å². The maximum absolute atomic E-state index is 10.4. The Hall–Kier alpha value is -1.69. The van der Waals surface area contributed by atoms with Gasteiger partial charge in [0, 0.05) is 7.05 Å². The zero-order chi connectivity index (χ0) is 9.14. The molecule has 1 aromatic heterocycles. The average molecular weight is 168 g/mol. The number of nitrogens with zero attached hydrogens (tertiary/aromatic N) is 3. The van der Waals surface area contributed by atoms with Crippen LogP contribution < -0.4 is 10.9 Å². The van der Waals surface area contributed by atoms with Gasteiger partial charge >= 0.3 is 5.82 Å². The monoisotopic (exact) mass is 168 g/mol. The van der Waals surface area contributed by atoms with Crippen LogP contribution in [0.2, 0.25) is 0 Å². The van der Waals surface area contributed by atoms with Crippen molar-refractivity contribution in [2.45, 2.75) is 0 Å². The van der Waals surface area contributed by atoms with Gasteiger partial charge < -0.3 is 15.1 Å². The smallest absolute Gasteiger partial charge is 0.358 e. The minimum Gasteiger partial charge on any atom is -0.358 e. The van der Waals surface area contributed by atoms with Gasteiger partial charge in [-0.25, -0.2) is 5.84 Å². The number of anilines is 1. The number of pyridine rings is 1. The van der Waals surface area contributed by atoms with E-state index in [1.54, 1.807) is 6.07 Å². The predicted octanol–water partition coefficient (Wildman–Crippen LogP) is 0.300. The second-order valence-corrected chi connectivity index (χ2v) is 2.21. The molecule has 0 saturated carbocycles. The van der Waals surface area contributed by atoms with E-state index in [4.69, 9.17) is 5.84 Å². The summed E-state index contributed by atoms with van der Waals surface area (Å²) in [5, 5.41) is 11.5. The molecule has 0 unspecified atom stereocenters. The summed E-state index contributed by atoms with van der Waals surface area (Å²) in [6, 6.07) is 3.12. The van der Waals surface area contributed by atoms with Crippen molar-refractivity contribution < 1.29 is 4.92 Å². The minimum atomic E-state index is -0.571. The number of hydrogen-bond acceptors (Lipinski definition) is 5. The zero-order valence-electron chi connectivity index (χ0n) is 6.47. The van der Waals surface area contributed by atoms with E-state index in [1.807, 2.05) is 0 Å². The van der Waals surface area contributed by atoms with Crippen LogP contribution in [-0.4, -0.2) is 17.0 Å². The molecule has 0 saturated heterocycles. The van der Waals surface area contributed by atoms with Crippen molar-refractivity contribution in [1.82, 2.24) is 4.98 Å². The molecule has 1 heterocycles. The Morgan fingerprint density at radius 2 is 2.42 bits per heavy atom. The van der Waals surface area contributed by atoms with E-state index in [2.05, 4.69) is 4.98 Å². The number of hydrogen-bond donors (Lipinski definition) is 1. The molecule has 0 aromatic carbocycles. The Labute approximate surface area is 68.7 Å². The molecule has 64 valence electrons. The van der Waals surface area contributed by atoms with Crippen molar-refractivity contribution in [3.8, 4) is 0 Å². The average Bonchev–Trinajstić information content (AvgIpc) is 2.04. The molecule has 0 radical (unpaired) electrons. The van der Waals surface area contributed by atoms with Gasteiger partial charge in [-0.05, 0) is 22.0 Å². The molecule has 2 N–H and O–H groups in total. The van der Waals surface area contributed by atoms with Crippen LogP contribution in [0.25, 0.3) is 0 Å². The molecule has 0 spiro atoms. The van der Waals surface area contributed by atoms with Crippen LogP contribution in [0.5, 0.6) is 0 Å².